The normalized spacial score (nSPS) is 9.12. The zero-order valence-corrected chi connectivity index (χ0v) is 23.3. The van der Waals surface area contributed by atoms with Gasteiger partial charge in [0.1, 0.15) is 0 Å². The Kier molecular flexibility index (Phi) is 60.0. The molecule has 0 unspecified atom stereocenters. The van der Waals surface area contributed by atoms with E-state index in [2.05, 4.69) is 55.4 Å². The second-order valence-electron chi connectivity index (χ2n) is 7.24. The van der Waals surface area contributed by atoms with Gasteiger partial charge >= 0.3 is 23.9 Å². The van der Waals surface area contributed by atoms with E-state index < -0.39 is 0 Å². The van der Waals surface area contributed by atoms with Gasteiger partial charge in [-0.2, -0.15) is 11.5 Å². The third-order valence-corrected chi connectivity index (χ3v) is 3.07. The van der Waals surface area contributed by atoms with E-state index in [-0.39, 0.29) is 23.9 Å². The summed E-state index contributed by atoms with van der Waals surface area (Å²) in [6.07, 6.45) is 13.4. The van der Waals surface area contributed by atoms with E-state index in [1.807, 2.05) is 0 Å². The molecule has 0 N–H and O–H groups in total. The molecular formula is C22H48S2Sn. The minimum Gasteiger partial charge on any atom is -0.793 e. The molecule has 0 atom stereocenters. The van der Waals surface area contributed by atoms with Gasteiger partial charge in [0, 0.05) is 0 Å². The van der Waals surface area contributed by atoms with Crippen molar-refractivity contribution in [1.82, 2.24) is 0 Å². The number of hydrogen-bond acceptors (Lipinski definition) is 2. The Balaban J connectivity index is -0.0000000739. The molecule has 152 valence electrons. The van der Waals surface area contributed by atoms with Crippen LogP contribution in [0.2, 0.25) is 0 Å². The average Bonchev–Trinajstić information content (AvgIpc) is 2.48. The average molecular weight is 495 g/mol. The van der Waals surface area contributed by atoms with Gasteiger partial charge in [-0.3, -0.25) is 0 Å². The maximum atomic E-state index is 4.80. The van der Waals surface area contributed by atoms with Crippen LogP contribution in [0.5, 0.6) is 0 Å². The Labute approximate surface area is 191 Å². The number of rotatable bonds is 10. The van der Waals surface area contributed by atoms with Gasteiger partial charge in [0.15, 0.2) is 0 Å². The van der Waals surface area contributed by atoms with E-state index in [0.29, 0.717) is 0 Å². The molecule has 0 aliphatic rings. The molecule has 0 bridgehead atoms. The Morgan fingerprint density at radius 3 is 0.840 bits per heavy atom. The smallest absolute Gasteiger partial charge is 0.793 e. The first kappa shape index (κ1) is 37.3. The molecule has 0 aromatic heterocycles. The molecule has 0 heterocycles. The molecule has 0 aromatic rings. The van der Waals surface area contributed by atoms with Crippen molar-refractivity contribution in [2.75, 3.05) is 11.5 Å². The molecule has 3 heteroatoms. The summed E-state index contributed by atoms with van der Waals surface area (Å²) < 4.78 is 0. The third-order valence-electron chi connectivity index (χ3n) is 2.50. The first-order chi connectivity index (χ1) is 11.3. The minimum absolute atomic E-state index is 0. The van der Waals surface area contributed by atoms with Gasteiger partial charge in [-0.1, -0.05) is 120 Å². The van der Waals surface area contributed by atoms with Gasteiger partial charge in [0.05, 0.1) is 0 Å². The van der Waals surface area contributed by atoms with Crippen LogP contribution in [0.3, 0.4) is 0 Å². The van der Waals surface area contributed by atoms with E-state index in [4.69, 9.17) is 25.3 Å². The quantitative estimate of drug-likeness (QED) is 0.172. The maximum absolute atomic E-state index is 4.80. The molecule has 0 aliphatic heterocycles. The van der Waals surface area contributed by atoms with Crippen LogP contribution in [0, 0.1) is 11.8 Å². The Morgan fingerprint density at radius 1 is 0.480 bits per heavy atom. The summed E-state index contributed by atoms with van der Waals surface area (Å²) >= 11 is 9.60. The molecule has 0 amide bonds. The molecular weight excluding hydrogens is 447 g/mol. The van der Waals surface area contributed by atoms with Crippen LogP contribution in [0.1, 0.15) is 120 Å². The Bertz CT molecular complexity index is 127. The van der Waals surface area contributed by atoms with Crippen LogP contribution in [-0.2, 0) is 25.3 Å². The summed E-state index contributed by atoms with van der Waals surface area (Å²) in [4.78, 5) is 0. The maximum Gasteiger partial charge on any atom is 2.00 e. The predicted octanol–water partition coefficient (Wildman–Crippen LogP) is 7.87. The van der Waals surface area contributed by atoms with Crippen LogP contribution in [0.25, 0.3) is 0 Å². The topological polar surface area (TPSA) is 0 Å². The first-order valence-corrected chi connectivity index (χ1v) is 11.1. The van der Waals surface area contributed by atoms with Crippen molar-refractivity contribution in [2.24, 2.45) is 0 Å². The van der Waals surface area contributed by atoms with Crippen molar-refractivity contribution < 1.29 is 0 Å². The third kappa shape index (κ3) is 106. The van der Waals surface area contributed by atoms with Crippen molar-refractivity contribution in [3.63, 3.8) is 0 Å². The van der Waals surface area contributed by atoms with Gasteiger partial charge in [0.25, 0.3) is 0 Å². The van der Waals surface area contributed by atoms with E-state index in [1.54, 1.807) is 0 Å². The summed E-state index contributed by atoms with van der Waals surface area (Å²) in [7, 11) is 0. The number of unbranched alkanes of at least 4 members (excludes halogenated alkanes) is 8. The van der Waals surface area contributed by atoms with Crippen LogP contribution < -0.4 is 0 Å². The summed E-state index contributed by atoms with van der Waals surface area (Å²) in [6, 6.07) is 0. The van der Waals surface area contributed by atoms with Crippen molar-refractivity contribution in [2.45, 2.75) is 120 Å². The summed E-state index contributed by atoms with van der Waals surface area (Å²) in [6.45, 7) is 17.0. The monoisotopic (exact) mass is 496 g/mol. The van der Waals surface area contributed by atoms with E-state index in [0.717, 1.165) is 11.5 Å². The van der Waals surface area contributed by atoms with Crippen molar-refractivity contribution in [1.29, 1.82) is 0 Å². The molecule has 0 aliphatic carbocycles. The molecule has 0 rings (SSSR count). The summed E-state index contributed by atoms with van der Waals surface area (Å²) in [5.41, 5.74) is 0. The SMILES string of the molecule is CCCCCCC[S-].CCCCCCC[S-].C[C](C)C.C[C](C)C.[Sn+2]. The molecule has 0 saturated heterocycles. The minimum atomic E-state index is 0. The molecule has 0 fully saturated rings. The predicted molar refractivity (Wildman–Crippen MR) is 128 cm³/mol. The van der Waals surface area contributed by atoms with Gasteiger partial charge in [-0.05, 0) is 11.8 Å². The molecule has 25 heavy (non-hydrogen) atoms. The molecule has 0 saturated carbocycles. The first-order valence-electron chi connectivity index (χ1n) is 9.99. The Hall–Kier alpha value is 1.50. The van der Waals surface area contributed by atoms with E-state index in [1.165, 1.54) is 76.0 Å². The second-order valence-corrected chi connectivity index (χ2v) is 8.05. The fourth-order valence-electron chi connectivity index (χ4n) is 1.41. The van der Waals surface area contributed by atoms with Gasteiger partial charge in [0.2, 0.25) is 0 Å². The van der Waals surface area contributed by atoms with Crippen LogP contribution >= 0.6 is 0 Å². The second kappa shape index (κ2) is 40.3. The van der Waals surface area contributed by atoms with Crippen molar-refractivity contribution >= 4 is 49.2 Å². The van der Waals surface area contributed by atoms with Gasteiger partial charge in [-0.15, -0.1) is 0 Å². The summed E-state index contributed by atoms with van der Waals surface area (Å²) in [5.74, 6) is 4.73. The molecule has 0 spiro atoms. The standard InChI is InChI=1S/2C7H16S.2C4H9.Sn/c2*1-2-3-4-5-6-7-8;2*1-4(2)3;/h2*8H,2-7H2,1H3;2*1-3H3;/q;;;;+2/p-2. The van der Waals surface area contributed by atoms with Crippen molar-refractivity contribution in [3.05, 3.63) is 11.8 Å². The van der Waals surface area contributed by atoms with E-state index in [9.17, 15) is 0 Å². The molecule has 0 aromatic carbocycles. The van der Waals surface area contributed by atoms with Crippen molar-refractivity contribution in [3.8, 4) is 0 Å². The van der Waals surface area contributed by atoms with E-state index >= 15 is 0 Å². The summed E-state index contributed by atoms with van der Waals surface area (Å²) in [5, 5.41) is 0. The van der Waals surface area contributed by atoms with Crippen LogP contribution in [0.4, 0.5) is 0 Å². The molecule has 4 radical (unpaired) electrons. The zero-order chi connectivity index (χ0) is 19.6. The zero-order valence-electron chi connectivity index (χ0n) is 18.8. The fraction of sp³-hybridized carbons (Fsp3) is 0.909. The fourth-order valence-corrected chi connectivity index (χ4v) is 1.82. The largest absolute Gasteiger partial charge is 2.00 e. The number of hydrogen-bond donors (Lipinski definition) is 0. The van der Waals surface area contributed by atoms with Crippen LogP contribution in [0.15, 0.2) is 0 Å². The molecule has 0 nitrogen and oxygen atoms in total. The van der Waals surface area contributed by atoms with Crippen LogP contribution in [-0.4, -0.2) is 35.4 Å². The van der Waals surface area contributed by atoms with Gasteiger partial charge < -0.3 is 25.3 Å². The Morgan fingerprint density at radius 2 is 0.680 bits per heavy atom. The van der Waals surface area contributed by atoms with Gasteiger partial charge in [-0.25, -0.2) is 0 Å².